The Bertz CT molecular complexity index is 833. The third-order valence-electron chi connectivity index (χ3n) is 3.17. The van der Waals surface area contributed by atoms with Gasteiger partial charge in [0.2, 0.25) is 10.0 Å². The Morgan fingerprint density at radius 3 is 2.17 bits per heavy atom. The number of nitrogens with one attached hydrogen (secondary N) is 1. The van der Waals surface area contributed by atoms with E-state index in [-0.39, 0.29) is 26.5 Å². The molecule has 0 aliphatic heterocycles. The van der Waals surface area contributed by atoms with Crippen molar-refractivity contribution in [3.8, 4) is 11.5 Å². The van der Waals surface area contributed by atoms with Gasteiger partial charge in [-0.05, 0) is 30.3 Å². The number of sulfonamides is 1. The van der Waals surface area contributed by atoms with Crippen LogP contribution in [0.15, 0.2) is 35.2 Å². The minimum atomic E-state index is -3.95. The van der Waals surface area contributed by atoms with E-state index in [0.29, 0.717) is 17.1 Å². The van der Waals surface area contributed by atoms with Gasteiger partial charge in [0.05, 0.1) is 24.3 Å². The maximum Gasteiger partial charge on any atom is 0.243 e. The monoisotopic (exact) mass is 409 g/mol. The molecule has 0 saturated carbocycles. The van der Waals surface area contributed by atoms with Crippen molar-refractivity contribution in [1.82, 2.24) is 4.72 Å². The van der Waals surface area contributed by atoms with Gasteiger partial charge in [-0.3, -0.25) is 0 Å². The Kier molecular flexibility index (Phi) is 6.22. The lowest BCUT2D eigenvalue weighted by molar-refractivity contribution is 0.398. The lowest BCUT2D eigenvalue weighted by Gasteiger charge is -2.13. The summed E-state index contributed by atoms with van der Waals surface area (Å²) in [5.74, 6) is 1.10. The topological polar surface area (TPSA) is 64.6 Å². The van der Waals surface area contributed by atoms with E-state index in [1.807, 2.05) is 0 Å². The predicted octanol–water partition coefficient (Wildman–Crippen LogP) is 4.14. The SMILES string of the molecule is COc1ccc(OC)c(CNS(=O)(=O)c2c(Cl)cc(Cl)cc2Cl)c1. The number of rotatable bonds is 6. The van der Waals surface area contributed by atoms with Gasteiger partial charge in [0.25, 0.3) is 0 Å². The minimum Gasteiger partial charge on any atom is -0.497 e. The van der Waals surface area contributed by atoms with Crippen LogP contribution in [-0.2, 0) is 16.6 Å². The van der Waals surface area contributed by atoms with Gasteiger partial charge in [0.1, 0.15) is 16.4 Å². The molecule has 9 heteroatoms. The molecule has 2 aromatic carbocycles. The van der Waals surface area contributed by atoms with Crippen LogP contribution in [0, 0.1) is 0 Å². The first-order chi connectivity index (χ1) is 11.3. The molecule has 130 valence electrons. The van der Waals surface area contributed by atoms with Crippen LogP contribution in [0.1, 0.15) is 5.56 Å². The summed E-state index contributed by atoms with van der Waals surface area (Å²) in [6.45, 7) is -0.0298. The molecule has 0 amide bonds. The first-order valence-corrected chi connectivity index (χ1v) is 9.25. The number of ether oxygens (including phenoxy) is 2. The number of benzene rings is 2. The average molecular weight is 411 g/mol. The van der Waals surface area contributed by atoms with E-state index in [1.165, 1.54) is 26.4 Å². The quantitative estimate of drug-likeness (QED) is 0.777. The van der Waals surface area contributed by atoms with E-state index in [9.17, 15) is 8.42 Å². The summed E-state index contributed by atoms with van der Waals surface area (Å²) >= 11 is 17.8. The maximum absolute atomic E-state index is 12.5. The standard InChI is InChI=1S/C15H14Cl3NO4S/c1-22-11-3-4-14(23-2)9(5-11)8-19-24(20,21)15-12(17)6-10(16)7-13(15)18/h3-7,19H,8H2,1-2H3. The molecule has 24 heavy (non-hydrogen) atoms. The fourth-order valence-corrected chi connectivity index (χ4v) is 4.60. The maximum atomic E-state index is 12.5. The molecule has 2 aromatic rings. The molecule has 0 saturated heterocycles. The molecular weight excluding hydrogens is 397 g/mol. The van der Waals surface area contributed by atoms with E-state index in [4.69, 9.17) is 44.3 Å². The average Bonchev–Trinajstić information content (AvgIpc) is 2.51. The highest BCUT2D eigenvalue weighted by molar-refractivity contribution is 7.89. The molecule has 0 unspecified atom stereocenters. The Labute approximate surface area is 155 Å². The molecule has 0 fully saturated rings. The lowest BCUT2D eigenvalue weighted by atomic mass is 10.2. The Balaban J connectivity index is 2.32. The second-order valence-electron chi connectivity index (χ2n) is 4.70. The van der Waals surface area contributed by atoms with Crippen LogP contribution in [0.3, 0.4) is 0 Å². The van der Waals surface area contributed by atoms with Gasteiger partial charge in [-0.15, -0.1) is 0 Å². The van der Waals surface area contributed by atoms with Crippen LogP contribution >= 0.6 is 34.8 Å². The normalized spacial score (nSPS) is 11.4. The second kappa shape index (κ2) is 7.80. The van der Waals surface area contributed by atoms with Crippen molar-refractivity contribution in [2.75, 3.05) is 14.2 Å². The van der Waals surface area contributed by atoms with Crippen molar-refractivity contribution in [3.63, 3.8) is 0 Å². The van der Waals surface area contributed by atoms with Crippen LogP contribution in [0.4, 0.5) is 0 Å². The summed E-state index contributed by atoms with van der Waals surface area (Å²) in [4.78, 5) is -0.225. The van der Waals surface area contributed by atoms with Crippen molar-refractivity contribution in [2.45, 2.75) is 11.4 Å². The van der Waals surface area contributed by atoms with Gasteiger partial charge < -0.3 is 9.47 Å². The molecule has 0 aliphatic carbocycles. The lowest BCUT2D eigenvalue weighted by Crippen LogP contribution is -2.24. The highest BCUT2D eigenvalue weighted by atomic mass is 35.5. The van der Waals surface area contributed by atoms with E-state index in [2.05, 4.69) is 4.72 Å². The smallest absolute Gasteiger partial charge is 0.243 e. The van der Waals surface area contributed by atoms with Crippen molar-refractivity contribution in [1.29, 1.82) is 0 Å². The van der Waals surface area contributed by atoms with E-state index < -0.39 is 10.0 Å². The molecule has 0 bridgehead atoms. The molecule has 0 heterocycles. The molecule has 0 aliphatic rings. The first kappa shape index (κ1) is 19.1. The molecule has 2 rings (SSSR count). The zero-order valence-corrected chi connectivity index (χ0v) is 15.9. The first-order valence-electron chi connectivity index (χ1n) is 6.63. The number of hydrogen-bond acceptors (Lipinski definition) is 4. The van der Waals surface area contributed by atoms with Gasteiger partial charge in [0, 0.05) is 17.1 Å². The summed E-state index contributed by atoms with van der Waals surface area (Å²) in [5, 5.41) is 0.133. The third kappa shape index (κ3) is 4.26. The summed E-state index contributed by atoms with van der Waals surface area (Å²) in [5.41, 5.74) is 0.599. The third-order valence-corrected chi connectivity index (χ3v) is 5.71. The predicted molar refractivity (Wildman–Crippen MR) is 95.0 cm³/mol. The fourth-order valence-electron chi connectivity index (χ4n) is 2.05. The van der Waals surface area contributed by atoms with Gasteiger partial charge in [-0.2, -0.15) is 0 Å². The van der Waals surface area contributed by atoms with Gasteiger partial charge in [0.15, 0.2) is 0 Å². The summed E-state index contributed by atoms with van der Waals surface area (Å²) in [7, 11) is -0.940. The summed E-state index contributed by atoms with van der Waals surface area (Å²) < 4.78 is 37.8. The Hall–Kier alpha value is -1.18. The molecular formula is C15H14Cl3NO4S. The van der Waals surface area contributed by atoms with Gasteiger partial charge >= 0.3 is 0 Å². The largest absolute Gasteiger partial charge is 0.497 e. The van der Waals surface area contributed by atoms with Crippen LogP contribution in [-0.4, -0.2) is 22.6 Å². The molecule has 0 spiro atoms. The zero-order chi connectivity index (χ0) is 17.9. The summed E-state index contributed by atoms with van der Waals surface area (Å²) in [6.07, 6.45) is 0. The number of methoxy groups -OCH3 is 2. The molecule has 0 atom stereocenters. The Morgan fingerprint density at radius 2 is 1.62 bits per heavy atom. The van der Waals surface area contributed by atoms with E-state index in [0.717, 1.165) is 0 Å². The van der Waals surface area contributed by atoms with Crippen LogP contribution in [0.2, 0.25) is 15.1 Å². The van der Waals surface area contributed by atoms with E-state index in [1.54, 1.807) is 18.2 Å². The van der Waals surface area contributed by atoms with Crippen LogP contribution in [0.25, 0.3) is 0 Å². The Morgan fingerprint density at radius 1 is 1.00 bits per heavy atom. The molecule has 0 aromatic heterocycles. The second-order valence-corrected chi connectivity index (χ2v) is 7.66. The van der Waals surface area contributed by atoms with Gasteiger partial charge in [-0.25, -0.2) is 13.1 Å². The number of hydrogen-bond donors (Lipinski definition) is 1. The zero-order valence-electron chi connectivity index (χ0n) is 12.8. The summed E-state index contributed by atoms with van der Waals surface area (Å²) in [6, 6.07) is 7.70. The molecule has 0 radical (unpaired) electrons. The fraction of sp³-hybridized carbons (Fsp3) is 0.200. The highest BCUT2D eigenvalue weighted by Gasteiger charge is 2.23. The van der Waals surface area contributed by atoms with E-state index >= 15 is 0 Å². The van der Waals surface area contributed by atoms with Crippen LogP contribution < -0.4 is 14.2 Å². The van der Waals surface area contributed by atoms with Crippen molar-refractivity contribution in [3.05, 3.63) is 51.0 Å². The van der Waals surface area contributed by atoms with Crippen molar-refractivity contribution in [2.24, 2.45) is 0 Å². The molecule has 1 N–H and O–H groups in total. The highest BCUT2D eigenvalue weighted by Crippen LogP contribution is 2.33. The van der Waals surface area contributed by atoms with Crippen LogP contribution in [0.5, 0.6) is 11.5 Å². The van der Waals surface area contributed by atoms with Gasteiger partial charge in [-0.1, -0.05) is 34.8 Å². The molecule has 5 nitrogen and oxygen atoms in total. The van der Waals surface area contributed by atoms with Crippen molar-refractivity contribution >= 4 is 44.8 Å². The minimum absolute atomic E-state index is 0.0298. The van der Waals surface area contributed by atoms with Crippen molar-refractivity contribution < 1.29 is 17.9 Å². The number of halogens is 3.